The van der Waals surface area contributed by atoms with E-state index in [1.54, 1.807) is 6.92 Å². The zero-order chi connectivity index (χ0) is 15.8. The van der Waals surface area contributed by atoms with Gasteiger partial charge in [0.25, 0.3) is 5.91 Å². The molecule has 0 aromatic heterocycles. The normalized spacial score (nSPS) is 23.2. The summed E-state index contributed by atoms with van der Waals surface area (Å²) in [4.78, 5) is 13.7. The van der Waals surface area contributed by atoms with E-state index in [1.165, 1.54) is 4.90 Å². The molecule has 0 aliphatic carbocycles. The zero-order valence-electron chi connectivity index (χ0n) is 11.5. The summed E-state index contributed by atoms with van der Waals surface area (Å²) in [5.74, 6) is -1.67. The van der Waals surface area contributed by atoms with Crippen LogP contribution >= 0.6 is 0 Å². The fourth-order valence-electron chi connectivity index (χ4n) is 2.55. The van der Waals surface area contributed by atoms with Crippen LogP contribution in [-0.4, -0.2) is 29.4 Å². The molecule has 1 saturated heterocycles. The van der Waals surface area contributed by atoms with Crippen molar-refractivity contribution in [1.82, 2.24) is 4.90 Å². The number of carbonyl (C=O) groups excluding carboxylic acids is 1. The lowest BCUT2D eigenvalue weighted by atomic mass is 9.98. The molecule has 2 rings (SSSR count). The first-order valence-corrected chi connectivity index (χ1v) is 6.63. The molecule has 0 saturated carbocycles. The molecule has 1 aromatic rings. The largest absolute Gasteiger partial charge is 0.416 e. The van der Waals surface area contributed by atoms with Crippen LogP contribution < -0.4 is 5.73 Å². The van der Waals surface area contributed by atoms with Crippen molar-refractivity contribution in [3.05, 3.63) is 35.1 Å². The molecule has 21 heavy (non-hydrogen) atoms. The van der Waals surface area contributed by atoms with Gasteiger partial charge >= 0.3 is 6.18 Å². The van der Waals surface area contributed by atoms with Crippen LogP contribution in [0.3, 0.4) is 0 Å². The predicted molar refractivity (Wildman–Crippen MR) is 69.1 cm³/mol. The average molecular weight is 304 g/mol. The Balaban J connectivity index is 2.29. The monoisotopic (exact) mass is 304 g/mol. The van der Waals surface area contributed by atoms with Gasteiger partial charge in [0.1, 0.15) is 5.82 Å². The number of likely N-dealkylation sites (tertiary alicyclic amines) is 1. The summed E-state index contributed by atoms with van der Waals surface area (Å²) in [7, 11) is 0. The lowest BCUT2D eigenvalue weighted by molar-refractivity contribution is -0.137. The summed E-state index contributed by atoms with van der Waals surface area (Å²) in [6.45, 7) is 2.14. The molecule has 2 atom stereocenters. The number of piperidine rings is 1. The standard InChI is InChI=1S/C14H16F4N2O/c1-8-4-12(19)2-3-20(8)13(21)9-5-10(14(16,17)18)7-11(15)6-9/h5-8,12H,2-4,19H2,1H3/t8-,12-/m0/s1. The van der Waals surface area contributed by atoms with Crippen molar-refractivity contribution in [3.63, 3.8) is 0 Å². The van der Waals surface area contributed by atoms with Gasteiger partial charge in [0.15, 0.2) is 0 Å². The third kappa shape index (κ3) is 3.53. The summed E-state index contributed by atoms with van der Waals surface area (Å²) in [6, 6.07) is 1.69. The first kappa shape index (κ1) is 15.8. The lowest BCUT2D eigenvalue weighted by Gasteiger charge is -2.36. The Morgan fingerprint density at radius 2 is 2.00 bits per heavy atom. The summed E-state index contributed by atoms with van der Waals surface area (Å²) in [5.41, 5.74) is 4.34. The van der Waals surface area contributed by atoms with Gasteiger partial charge < -0.3 is 10.6 Å². The predicted octanol–water partition coefficient (Wildman–Crippen LogP) is 2.80. The average Bonchev–Trinajstić information content (AvgIpc) is 2.36. The second-order valence-electron chi connectivity index (χ2n) is 5.36. The van der Waals surface area contributed by atoms with E-state index in [-0.39, 0.29) is 17.6 Å². The van der Waals surface area contributed by atoms with Crippen molar-refractivity contribution >= 4 is 5.91 Å². The number of hydrogen-bond acceptors (Lipinski definition) is 2. The lowest BCUT2D eigenvalue weighted by Crippen LogP contribution is -2.48. The number of nitrogens with two attached hydrogens (primary N) is 1. The van der Waals surface area contributed by atoms with Gasteiger partial charge in [-0.2, -0.15) is 13.2 Å². The van der Waals surface area contributed by atoms with E-state index < -0.39 is 23.5 Å². The van der Waals surface area contributed by atoms with E-state index in [9.17, 15) is 22.4 Å². The minimum absolute atomic E-state index is 0.0257. The van der Waals surface area contributed by atoms with Crippen LogP contribution in [0, 0.1) is 5.82 Å². The van der Waals surface area contributed by atoms with Crippen LogP contribution in [0.15, 0.2) is 18.2 Å². The van der Waals surface area contributed by atoms with Gasteiger partial charge in [0.05, 0.1) is 5.56 Å². The van der Waals surface area contributed by atoms with Gasteiger partial charge in [-0.15, -0.1) is 0 Å². The quantitative estimate of drug-likeness (QED) is 0.811. The maximum Gasteiger partial charge on any atom is 0.416 e. The van der Waals surface area contributed by atoms with Crippen molar-refractivity contribution < 1.29 is 22.4 Å². The Hall–Kier alpha value is -1.63. The van der Waals surface area contributed by atoms with Crippen molar-refractivity contribution in [2.45, 2.75) is 38.0 Å². The highest BCUT2D eigenvalue weighted by molar-refractivity contribution is 5.94. The maximum absolute atomic E-state index is 13.4. The number of alkyl halides is 3. The molecule has 1 heterocycles. The number of hydrogen-bond donors (Lipinski definition) is 1. The summed E-state index contributed by atoms with van der Waals surface area (Å²) < 4.78 is 51.4. The minimum Gasteiger partial charge on any atom is -0.336 e. The fraction of sp³-hybridized carbons (Fsp3) is 0.500. The van der Waals surface area contributed by atoms with Crippen LogP contribution in [0.4, 0.5) is 17.6 Å². The molecule has 0 bridgehead atoms. The van der Waals surface area contributed by atoms with E-state index in [1.807, 2.05) is 0 Å². The van der Waals surface area contributed by atoms with Crippen LogP contribution in [-0.2, 0) is 6.18 Å². The van der Waals surface area contributed by atoms with Crippen LogP contribution in [0.25, 0.3) is 0 Å². The Morgan fingerprint density at radius 1 is 1.33 bits per heavy atom. The van der Waals surface area contributed by atoms with Crippen molar-refractivity contribution in [3.8, 4) is 0 Å². The van der Waals surface area contributed by atoms with Crippen LogP contribution in [0.5, 0.6) is 0 Å². The molecule has 3 nitrogen and oxygen atoms in total. The molecule has 2 N–H and O–H groups in total. The van der Waals surface area contributed by atoms with Crippen molar-refractivity contribution in [2.75, 3.05) is 6.54 Å². The number of benzene rings is 1. The van der Waals surface area contributed by atoms with E-state index in [0.717, 1.165) is 6.07 Å². The molecular formula is C14H16F4N2O. The summed E-state index contributed by atoms with van der Waals surface area (Å²) in [6.07, 6.45) is -3.53. The van der Waals surface area contributed by atoms with Gasteiger partial charge in [-0.3, -0.25) is 4.79 Å². The molecule has 1 fully saturated rings. The highest BCUT2D eigenvalue weighted by atomic mass is 19.4. The second kappa shape index (κ2) is 5.63. The van der Waals surface area contributed by atoms with Crippen LogP contribution in [0.1, 0.15) is 35.7 Å². The minimum atomic E-state index is -4.69. The molecule has 1 aromatic carbocycles. The molecule has 1 aliphatic heterocycles. The van der Waals surface area contributed by atoms with Gasteiger partial charge in [0, 0.05) is 24.2 Å². The number of amides is 1. The summed E-state index contributed by atoms with van der Waals surface area (Å²) >= 11 is 0. The smallest absolute Gasteiger partial charge is 0.336 e. The Kier molecular flexibility index (Phi) is 4.22. The third-order valence-corrected chi connectivity index (χ3v) is 3.65. The van der Waals surface area contributed by atoms with Crippen molar-refractivity contribution in [1.29, 1.82) is 0 Å². The number of carbonyl (C=O) groups is 1. The number of halogens is 4. The van der Waals surface area contributed by atoms with Gasteiger partial charge in [-0.1, -0.05) is 0 Å². The molecule has 1 aliphatic rings. The molecule has 0 unspecified atom stereocenters. The maximum atomic E-state index is 13.4. The number of nitrogens with zero attached hydrogens (tertiary/aromatic N) is 1. The topological polar surface area (TPSA) is 46.3 Å². The summed E-state index contributed by atoms with van der Waals surface area (Å²) in [5, 5.41) is 0. The first-order valence-electron chi connectivity index (χ1n) is 6.63. The van der Waals surface area contributed by atoms with Gasteiger partial charge in [-0.05, 0) is 38.0 Å². The number of rotatable bonds is 1. The van der Waals surface area contributed by atoms with E-state index in [0.29, 0.717) is 31.5 Å². The van der Waals surface area contributed by atoms with Gasteiger partial charge in [0.2, 0.25) is 0 Å². The molecule has 0 spiro atoms. The molecule has 0 radical (unpaired) electrons. The second-order valence-corrected chi connectivity index (χ2v) is 5.36. The zero-order valence-corrected chi connectivity index (χ0v) is 11.5. The third-order valence-electron chi connectivity index (χ3n) is 3.65. The highest BCUT2D eigenvalue weighted by Crippen LogP contribution is 2.31. The van der Waals surface area contributed by atoms with E-state index in [2.05, 4.69) is 0 Å². The van der Waals surface area contributed by atoms with Gasteiger partial charge in [-0.25, -0.2) is 4.39 Å². The van der Waals surface area contributed by atoms with E-state index in [4.69, 9.17) is 5.73 Å². The Bertz CT molecular complexity index is 544. The molecule has 116 valence electrons. The molecular weight excluding hydrogens is 288 g/mol. The Morgan fingerprint density at radius 3 is 2.57 bits per heavy atom. The van der Waals surface area contributed by atoms with Crippen LogP contribution in [0.2, 0.25) is 0 Å². The molecule has 7 heteroatoms. The first-order chi connectivity index (χ1) is 9.68. The SMILES string of the molecule is C[C@H]1C[C@@H](N)CCN1C(=O)c1cc(F)cc(C(F)(F)F)c1. The fourth-order valence-corrected chi connectivity index (χ4v) is 2.55. The van der Waals surface area contributed by atoms with E-state index >= 15 is 0 Å². The Labute approximate surface area is 119 Å². The van der Waals surface area contributed by atoms with Crippen molar-refractivity contribution in [2.24, 2.45) is 5.73 Å². The molecule has 1 amide bonds. The highest BCUT2D eigenvalue weighted by Gasteiger charge is 2.33.